The number of urea groups is 1. The first kappa shape index (κ1) is 15.3. The van der Waals surface area contributed by atoms with Crippen LogP contribution in [0.1, 0.15) is 12.5 Å². The summed E-state index contributed by atoms with van der Waals surface area (Å²) < 4.78 is 4.78. The minimum absolute atomic E-state index is 0.135. The number of carbonyl (C=O) groups excluding carboxylic acids is 2. The number of hydrogen-bond donors (Lipinski definition) is 1. The maximum Gasteiger partial charge on any atom is 0.325 e. The fraction of sp³-hybridized carbons (Fsp3) is 0.385. The van der Waals surface area contributed by atoms with E-state index in [0.29, 0.717) is 18.0 Å². The Balaban J connectivity index is 2.54. The molecule has 1 aromatic carbocycles. The summed E-state index contributed by atoms with van der Waals surface area (Å²) in [5.41, 5.74) is 6.20. The van der Waals surface area contributed by atoms with Gasteiger partial charge < -0.3 is 15.4 Å². The van der Waals surface area contributed by atoms with Crippen molar-refractivity contribution in [3.05, 3.63) is 34.9 Å². The lowest BCUT2D eigenvalue weighted by molar-refractivity contribution is -0.143. The van der Waals surface area contributed by atoms with Gasteiger partial charge in [-0.2, -0.15) is 0 Å². The smallest absolute Gasteiger partial charge is 0.325 e. The lowest BCUT2D eigenvalue weighted by atomic mass is 10.1. The zero-order valence-corrected chi connectivity index (χ0v) is 11.5. The van der Waals surface area contributed by atoms with Gasteiger partial charge in [0.2, 0.25) is 0 Å². The van der Waals surface area contributed by atoms with E-state index in [1.54, 1.807) is 13.0 Å². The number of primary amides is 1. The molecular formula is C13H17ClN2O3. The van der Waals surface area contributed by atoms with Gasteiger partial charge in [0.25, 0.3) is 0 Å². The zero-order chi connectivity index (χ0) is 14.3. The van der Waals surface area contributed by atoms with Gasteiger partial charge in [-0.25, -0.2) is 4.79 Å². The maximum absolute atomic E-state index is 11.3. The van der Waals surface area contributed by atoms with Gasteiger partial charge in [0.05, 0.1) is 6.61 Å². The standard InChI is InChI=1S/C13H17ClN2O3/c1-2-19-12(17)9-16(13(15)18)7-6-10-4-3-5-11(14)8-10/h3-5,8H,2,6-7,9H2,1H3,(H2,15,18). The Morgan fingerprint density at radius 3 is 2.74 bits per heavy atom. The molecular weight excluding hydrogens is 268 g/mol. The Bertz CT molecular complexity index is 451. The Kier molecular flexibility index (Phi) is 6.15. The number of carbonyl (C=O) groups is 2. The van der Waals surface area contributed by atoms with Crippen LogP contribution >= 0.6 is 11.6 Å². The molecule has 0 saturated carbocycles. The molecule has 5 nitrogen and oxygen atoms in total. The molecule has 19 heavy (non-hydrogen) atoms. The molecule has 0 spiro atoms. The molecule has 6 heteroatoms. The molecule has 0 fully saturated rings. The normalized spacial score (nSPS) is 10.0. The molecule has 1 rings (SSSR count). The highest BCUT2D eigenvalue weighted by Crippen LogP contribution is 2.11. The minimum atomic E-state index is -0.643. The second-order valence-corrected chi connectivity index (χ2v) is 4.38. The summed E-state index contributed by atoms with van der Waals surface area (Å²) in [6.45, 7) is 2.19. The van der Waals surface area contributed by atoms with Crippen LogP contribution < -0.4 is 5.73 Å². The second kappa shape index (κ2) is 7.63. The Hall–Kier alpha value is -1.75. The van der Waals surface area contributed by atoms with Gasteiger partial charge in [0.15, 0.2) is 0 Å². The number of hydrogen-bond acceptors (Lipinski definition) is 3. The first-order valence-electron chi connectivity index (χ1n) is 5.97. The van der Waals surface area contributed by atoms with Gasteiger partial charge in [-0.15, -0.1) is 0 Å². The lowest BCUT2D eigenvalue weighted by Gasteiger charge is -2.19. The topological polar surface area (TPSA) is 72.6 Å². The van der Waals surface area contributed by atoms with Crippen molar-refractivity contribution in [1.29, 1.82) is 0 Å². The van der Waals surface area contributed by atoms with Crippen LogP contribution in [0.3, 0.4) is 0 Å². The molecule has 0 aliphatic rings. The van der Waals surface area contributed by atoms with Crippen molar-refractivity contribution >= 4 is 23.6 Å². The SMILES string of the molecule is CCOC(=O)CN(CCc1cccc(Cl)c1)C(N)=O. The summed E-state index contributed by atoms with van der Waals surface area (Å²) in [6.07, 6.45) is 0.572. The second-order valence-electron chi connectivity index (χ2n) is 3.94. The molecule has 1 aromatic rings. The number of nitrogens with two attached hydrogens (primary N) is 1. The highest BCUT2D eigenvalue weighted by Gasteiger charge is 2.14. The average molecular weight is 285 g/mol. The number of benzene rings is 1. The third-order valence-electron chi connectivity index (χ3n) is 2.50. The summed E-state index contributed by atoms with van der Waals surface area (Å²) in [4.78, 5) is 23.8. The van der Waals surface area contributed by atoms with E-state index in [0.717, 1.165) is 5.56 Å². The van der Waals surface area contributed by atoms with Crippen LogP contribution in [-0.4, -0.2) is 36.6 Å². The fourth-order valence-electron chi connectivity index (χ4n) is 1.59. The summed E-state index contributed by atoms with van der Waals surface area (Å²) in [6, 6.07) is 6.67. The van der Waals surface area contributed by atoms with Gasteiger partial charge in [0, 0.05) is 11.6 Å². The molecule has 2 N–H and O–H groups in total. The van der Waals surface area contributed by atoms with Gasteiger partial charge >= 0.3 is 12.0 Å². The largest absolute Gasteiger partial charge is 0.465 e. The number of ether oxygens (including phenoxy) is 1. The van der Waals surface area contributed by atoms with E-state index in [9.17, 15) is 9.59 Å². The number of rotatable bonds is 6. The monoisotopic (exact) mass is 284 g/mol. The summed E-state index contributed by atoms with van der Waals surface area (Å²) in [5, 5.41) is 0.633. The third kappa shape index (κ3) is 5.61. The average Bonchev–Trinajstić information content (AvgIpc) is 2.34. The number of halogens is 1. The van der Waals surface area contributed by atoms with Crippen LogP contribution in [-0.2, 0) is 16.0 Å². The number of esters is 1. The van der Waals surface area contributed by atoms with Crippen LogP contribution in [0.25, 0.3) is 0 Å². The molecule has 2 amide bonds. The van der Waals surface area contributed by atoms with Crippen molar-refractivity contribution < 1.29 is 14.3 Å². The Morgan fingerprint density at radius 2 is 2.16 bits per heavy atom. The molecule has 0 aliphatic carbocycles. The highest BCUT2D eigenvalue weighted by atomic mass is 35.5. The maximum atomic E-state index is 11.3. The van der Waals surface area contributed by atoms with Gasteiger partial charge in [0.1, 0.15) is 6.54 Å². The Labute approximate surface area is 117 Å². The van der Waals surface area contributed by atoms with E-state index in [-0.39, 0.29) is 13.2 Å². The molecule has 0 unspecified atom stereocenters. The van der Waals surface area contributed by atoms with E-state index in [1.807, 2.05) is 18.2 Å². The number of nitrogens with zero attached hydrogens (tertiary/aromatic N) is 1. The first-order valence-corrected chi connectivity index (χ1v) is 6.35. The van der Waals surface area contributed by atoms with Crippen molar-refractivity contribution in [1.82, 2.24) is 4.90 Å². The van der Waals surface area contributed by atoms with E-state index in [1.165, 1.54) is 4.90 Å². The Morgan fingerprint density at radius 1 is 1.42 bits per heavy atom. The van der Waals surface area contributed by atoms with Crippen LogP contribution in [0.5, 0.6) is 0 Å². The summed E-state index contributed by atoms with van der Waals surface area (Å²) in [5.74, 6) is -0.465. The lowest BCUT2D eigenvalue weighted by Crippen LogP contribution is -2.41. The molecule has 104 valence electrons. The van der Waals surface area contributed by atoms with Crippen LogP contribution in [0, 0.1) is 0 Å². The van der Waals surface area contributed by atoms with Crippen molar-refractivity contribution in [2.45, 2.75) is 13.3 Å². The molecule has 0 aromatic heterocycles. The van der Waals surface area contributed by atoms with Crippen LogP contribution in [0.2, 0.25) is 5.02 Å². The van der Waals surface area contributed by atoms with Crippen LogP contribution in [0.4, 0.5) is 4.79 Å². The fourth-order valence-corrected chi connectivity index (χ4v) is 1.80. The van der Waals surface area contributed by atoms with Gasteiger partial charge in [-0.3, -0.25) is 4.79 Å². The van der Waals surface area contributed by atoms with Gasteiger partial charge in [-0.1, -0.05) is 23.7 Å². The summed E-state index contributed by atoms with van der Waals surface area (Å²) >= 11 is 5.87. The van der Waals surface area contributed by atoms with Crippen molar-refractivity contribution in [2.75, 3.05) is 19.7 Å². The van der Waals surface area contributed by atoms with E-state index in [4.69, 9.17) is 22.1 Å². The molecule has 0 atom stereocenters. The third-order valence-corrected chi connectivity index (χ3v) is 2.73. The quantitative estimate of drug-likeness (QED) is 0.810. The predicted octanol–water partition coefficient (Wildman–Crippen LogP) is 1.83. The van der Waals surface area contributed by atoms with Crippen molar-refractivity contribution in [3.63, 3.8) is 0 Å². The molecule has 0 heterocycles. The van der Waals surface area contributed by atoms with Crippen molar-refractivity contribution in [3.8, 4) is 0 Å². The van der Waals surface area contributed by atoms with E-state index in [2.05, 4.69) is 0 Å². The highest BCUT2D eigenvalue weighted by molar-refractivity contribution is 6.30. The molecule has 0 saturated heterocycles. The summed E-state index contributed by atoms with van der Waals surface area (Å²) in [7, 11) is 0. The first-order chi connectivity index (χ1) is 9.02. The minimum Gasteiger partial charge on any atom is -0.465 e. The molecule has 0 bridgehead atoms. The zero-order valence-electron chi connectivity index (χ0n) is 10.8. The van der Waals surface area contributed by atoms with Crippen molar-refractivity contribution in [2.24, 2.45) is 5.73 Å². The van der Waals surface area contributed by atoms with E-state index >= 15 is 0 Å². The number of amides is 2. The van der Waals surface area contributed by atoms with Gasteiger partial charge in [-0.05, 0) is 31.0 Å². The molecule has 0 radical (unpaired) electrons. The molecule has 0 aliphatic heterocycles. The predicted molar refractivity (Wildman–Crippen MR) is 72.9 cm³/mol. The van der Waals surface area contributed by atoms with Crippen LogP contribution in [0.15, 0.2) is 24.3 Å². The van der Waals surface area contributed by atoms with E-state index < -0.39 is 12.0 Å².